The van der Waals surface area contributed by atoms with Crippen molar-refractivity contribution in [2.75, 3.05) is 6.61 Å². The lowest BCUT2D eigenvalue weighted by Crippen LogP contribution is -2.04. The first kappa shape index (κ1) is 14.4. The first-order valence-corrected chi connectivity index (χ1v) is 5.28. The van der Waals surface area contributed by atoms with Gasteiger partial charge in [-0.2, -0.15) is 13.2 Å². The van der Waals surface area contributed by atoms with E-state index in [1.807, 2.05) is 0 Å². The molecule has 0 N–H and O–H groups in total. The Hall–Kier alpha value is -1.67. The van der Waals surface area contributed by atoms with Crippen LogP contribution in [0.5, 0.6) is 0 Å². The van der Waals surface area contributed by atoms with Crippen molar-refractivity contribution in [3.63, 3.8) is 0 Å². The van der Waals surface area contributed by atoms with Crippen LogP contribution in [-0.4, -0.2) is 12.6 Å². The van der Waals surface area contributed by atoms with Gasteiger partial charge < -0.3 is 4.74 Å². The summed E-state index contributed by atoms with van der Waals surface area (Å²) in [7, 11) is 0. The van der Waals surface area contributed by atoms with Crippen LogP contribution < -0.4 is 0 Å². The van der Waals surface area contributed by atoms with Crippen LogP contribution in [0, 0.1) is 11.8 Å². The fourth-order valence-corrected chi connectivity index (χ4v) is 1.31. The fourth-order valence-electron chi connectivity index (χ4n) is 1.08. The van der Waals surface area contributed by atoms with E-state index < -0.39 is 17.7 Å². The second-order valence-corrected chi connectivity index (χ2v) is 3.57. The average molecular weight is 277 g/mol. The average Bonchev–Trinajstić information content (AvgIpc) is 2.26. The van der Waals surface area contributed by atoms with Crippen molar-refractivity contribution in [1.29, 1.82) is 0 Å². The quantitative estimate of drug-likeness (QED) is 0.581. The molecule has 0 heterocycles. The van der Waals surface area contributed by atoms with Gasteiger partial charge in [-0.25, -0.2) is 4.79 Å². The molecule has 0 bridgehead atoms. The molecule has 6 heteroatoms. The predicted octanol–water partition coefficient (Wildman–Crippen LogP) is 3.27. The van der Waals surface area contributed by atoms with Crippen molar-refractivity contribution >= 4 is 17.6 Å². The van der Waals surface area contributed by atoms with E-state index in [4.69, 9.17) is 11.6 Å². The van der Waals surface area contributed by atoms with Crippen LogP contribution in [0.2, 0.25) is 5.02 Å². The molecule has 0 saturated carbocycles. The number of benzene rings is 1. The van der Waals surface area contributed by atoms with E-state index in [0.717, 1.165) is 18.2 Å². The molecule has 0 saturated heterocycles. The molecule has 1 rings (SSSR count). The van der Waals surface area contributed by atoms with Crippen LogP contribution in [0.3, 0.4) is 0 Å². The van der Waals surface area contributed by atoms with Crippen LogP contribution in [0.25, 0.3) is 0 Å². The molecule has 0 aliphatic heterocycles. The number of carbonyl (C=O) groups is 1. The topological polar surface area (TPSA) is 26.3 Å². The summed E-state index contributed by atoms with van der Waals surface area (Å²) < 4.78 is 41.6. The molecule has 0 aromatic heterocycles. The number of halogens is 4. The first-order chi connectivity index (χ1) is 8.34. The molecule has 0 radical (unpaired) electrons. The zero-order chi connectivity index (χ0) is 13.8. The van der Waals surface area contributed by atoms with E-state index >= 15 is 0 Å². The summed E-state index contributed by atoms with van der Waals surface area (Å²) in [5, 5.41) is -0.165. The van der Waals surface area contributed by atoms with Gasteiger partial charge in [0.05, 0.1) is 17.2 Å². The Balaban J connectivity index is 2.97. The van der Waals surface area contributed by atoms with Gasteiger partial charge in [-0.15, -0.1) is 0 Å². The number of hydrogen-bond donors (Lipinski definition) is 0. The van der Waals surface area contributed by atoms with Gasteiger partial charge in [0.1, 0.15) is 0 Å². The van der Waals surface area contributed by atoms with Gasteiger partial charge in [0.2, 0.25) is 0 Å². The molecule has 18 heavy (non-hydrogen) atoms. The maximum absolute atomic E-state index is 12.3. The Morgan fingerprint density at radius 2 is 2.11 bits per heavy atom. The van der Waals surface area contributed by atoms with Gasteiger partial charge in [-0.1, -0.05) is 17.5 Å². The smallest absolute Gasteiger partial charge is 0.416 e. The maximum Gasteiger partial charge on any atom is 0.416 e. The third-order valence-electron chi connectivity index (χ3n) is 1.87. The van der Waals surface area contributed by atoms with Crippen molar-refractivity contribution in [2.24, 2.45) is 0 Å². The molecule has 0 amide bonds. The number of ether oxygens (including phenoxy) is 1. The number of carbonyl (C=O) groups excluding carboxylic acids is 1. The molecule has 96 valence electrons. The molecular formula is C12H8ClF3O2. The molecular weight excluding hydrogens is 269 g/mol. The van der Waals surface area contributed by atoms with Crippen LogP contribution >= 0.6 is 11.6 Å². The van der Waals surface area contributed by atoms with E-state index in [1.54, 1.807) is 6.92 Å². The second kappa shape index (κ2) is 5.78. The lowest BCUT2D eigenvalue weighted by Gasteiger charge is -2.07. The Bertz CT molecular complexity index is 512. The number of hydrogen-bond acceptors (Lipinski definition) is 2. The Kier molecular flexibility index (Phi) is 4.62. The zero-order valence-electron chi connectivity index (χ0n) is 9.27. The summed E-state index contributed by atoms with van der Waals surface area (Å²) in [6.45, 7) is 1.79. The van der Waals surface area contributed by atoms with Crippen molar-refractivity contribution in [3.05, 3.63) is 34.3 Å². The lowest BCUT2D eigenvalue weighted by molar-refractivity contribution is -0.138. The standard InChI is InChI=1S/C12H8ClF3O2/c1-2-18-11(17)6-4-8-3-5-9(7-10(8)13)12(14,15)16/h3,5,7H,2H2,1H3. The summed E-state index contributed by atoms with van der Waals surface area (Å²) in [5.74, 6) is 3.72. The van der Waals surface area contributed by atoms with E-state index in [1.165, 1.54) is 0 Å². The highest BCUT2D eigenvalue weighted by atomic mass is 35.5. The van der Waals surface area contributed by atoms with Crippen molar-refractivity contribution in [3.8, 4) is 11.8 Å². The Morgan fingerprint density at radius 3 is 2.61 bits per heavy atom. The van der Waals surface area contributed by atoms with Crippen LogP contribution in [0.4, 0.5) is 13.2 Å². The van der Waals surface area contributed by atoms with E-state index in [-0.39, 0.29) is 17.2 Å². The van der Waals surface area contributed by atoms with Gasteiger partial charge in [0.15, 0.2) is 0 Å². The monoisotopic (exact) mass is 276 g/mol. The van der Waals surface area contributed by atoms with E-state index in [2.05, 4.69) is 16.6 Å². The third-order valence-corrected chi connectivity index (χ3v) is 2.18. The fraction of sp³-hybridized carbons (Fsp3) is 0.250. The number of esters is 1. The molecule has 0 unspecified atom stereocenters. The van der Waals surface area contributed by atoms with Crippen LogP contribution in [0.1, 0.15) is 18.1 Å². The Labute approximate surface area is 107 Å². The van der Waals surface area contributed by atoms with Gasteiger partial charge in [-0.3, -0.25) is 0 Å². The minimum Gasteiger partial charge on any atom is -0.456 e. The Morgan fingerprint density at radius 1 is 1.44 bits per heavy atom. The highest BCUT2D eigenvalue weighted by molar-refractivity contribution is 6.31. The predicted molar refractivity (Wildman–Crippen MR) is 60.0 cm³/mol. The van der Waals surface area contributed by atoms with Gasteiger partial charge in [-0.05, 0) is 25.1 Å². The molecule has 2 nitrogen and oxygen atoms in total. The van der Waals surface area contributed by atoms with Crippen LogP contribution in [0.15, 0.2) is 18.2 Å². The minimum absolute atomic E-state index is 0.137. The van der Waals surface area contributed by atoms with Crippen molar-refractivity contribution in [1.82, 2.24) is 0 Å². The summed E-state index contributed by atoms with van der Waals surface area (Å²) in [4.78, 5) is 10.9. The normalized spacial score (nSPS) is 10.5. The molecule has 0 atom stereocenters. The third kappa shape index (κ3) is 3.97. The molecule has 1 aromatic carbocycles. The summed E-state index contributed by atoms with van der Waals surface area (Å²) in [6.07, 6.45) is -4.46. The maximum atomic E-state index is 12.3. The van der Waals surface area contributed by atoms with E-state index in [9.17, 15) is 18.0 Å². The molecule has 0 spiro atoms. The molecule has 0 aliphatic carbocycles. The molecule has 0 aliphatic rings. The van der Waals surface area contributed by atoms with Crippen LogP contribution in [-0.2, 0) is 15.7 Å². The molecule has 1 aromatic rings. The van der Waals surface area contributed by atoms with Gasteiger partial charge in [0, 0.05) is 11.5 Å². The summed E-state index contributed by atoms with van der Waals surface area (Å²) in [6, 6.07) is 2.72. The number of alkyl halides is 3. The first-order valence-electron chi connectivity index (χ1n) is 4.90. The minimum atomic E-state index is -4.46. The SMILES string of the molecule is CCOC(=O)C#Cc1ccc(C(F)(F)F)cc1Cl. The highest BCUT2D eigenvalue weighted by Gasteiger charge is 2.30. The molecule has 0 fully saturated rings. The highest BCUT2D eigenvalue weighted by Crippen LogP contribution is 2.31. The van der Waals surface area contributed by atoms with Crippen molar-refractivity contribution < 1.29 is 22.7 Å². The second-order valence-electron chi connectivity index (χ2n) is 3.16. The summed E-state index contributed by atoms with van der Waals surface area (Å²) in [5.41, 5.74) is -0.730. The van der Waals surface area contributed by atoms with Gasteiger partial charge >= 0.3 is 12.1 Å². The van der Waals surface area contributed by atoms with Crippen molar-refractivity contribution in [2.45, 2.75) is 13.1 Å². The number of rotatable bonds is 1. The van der Waals surface area contributed by atoms with E-state index in [0.29, 0.717) is 0 Å². The van der Waals surface area contributed by atoms with Gasteiger partial charge in [0.25, 0.3) is 0 Å². The lowest BCUT2D eigenvalue weighted by atomic mass is 10.1. The summed E-state index contributed by atoms with van der Waals surface area (Å²) >= 11 is 5.64. The largest absolute Gasteiger partial charge is 0.456 e. The zero-order valence-corrected chi connectivity index (χ0v) is 10.0.